The van der Waals surface area contributed by atoms with Crippen LogP contribution in [0.2, 0.25) is 0 Å². The molecule has 5 rings (SSSR count). The van der Waals surface area contributed by atoms with Crippen molar-refractivity contribution >= 4 is 40.1 Å². The fourth-order valence-electron chi connectivity index (χ4n) is 3.75. The molecule has 1 aromatic carbocycles. The Bertz CT molecular complexity index is 1560. The molecule has 0 aliphatic carbocycles. The Morgan fingerprint density at radius 2 is 1.47 bits per heavy atom. The Morgan fingerprint density at radius 3 is 2.07 bits per heavy atom. The summed E-state index contributed by atoms with van der Waals surface area (Å²) in [6.07, 6.45) is -4.59. The third-order valence-electron chi connectivity index (χ3n) is 5.71. The number of nitrogens with one attached hydrogen (secondary N) is 1. The maximum atomic E-state index is 13.0. The first-order valence-corrected chi connectivity index (χ1v) is 12.2. The molecule has 0 bridgehead atoms. The average molecular weight is 615 g/mol. The fourth-order valence-corrected chi connectivity index (χ4v) is 3.75. The topological polar surface area (TPSA) is 146 Å². The third-order valence-corrected chi connectivity index (χ3v) is 5.71. The molecule has 1 aliphatic rings. The molecule has 1 fully saturated rings. The molecule has 0 spiro atoms. The van der Waals surface area contributed by atoms with E-state index in [-0.39, 0.29) is 5.91 Å². The summed E-state index contributed by atoms with van der Waals surface area (Å²) < 4.78 is 70.9. The van der Waals surface area contributed by atoms with Crippen molar-refractivity contribution < 1.29 is 55.7 Å². The molecule has 0 radical (unpaired) electrons. The molecule has 0 atom stereocenters. The first-order valence-electron chi connectivity index (χ1n) is 12.2. The number of hydrogen-bond acceptors (Lipinski definition) is 7. The molecule has 4 aromatic rings. The Morgan fingerprint density at radius 1 is 0.884 bits per heavy atom. The van der Waals surface area contributed by atoms with Crippen LogP contribution in [0.4, 0.5) is 32.3 Å². The molecule has 17 heteroatoms. The van der Waals surface area contributed by atoms with Crippen LogP contribution in [0.5, 0.6) is 0 Å². The lowest BCUT2D eigenvalue weighted by Gasteiger charge is -2.27. The van der Waals surface area contributed by atoms with Gasteiger partial charge in [0.25, 0.3) is 5.91 Å². The van der Waals surface area contributed by atoms with Crippen molar-refractivity contribution in [2.24, 2.45) is 0 Å². The molecule has 230 valence electrons. The lowest BCUT2D eigenvalue weighted by molar-refractivity contribution is -0.193. The van der Waals surface area contributed by atoms with Crippen LogP contribution in [0.25, 0.3) is 16.3 Å². The Balaban J connectivity index is 0.000000303. The minimum atomic E-state index is -5.08. The van der Waals surface area contributed by atoms with Gasteiger partial charge in [-0.2, -0.15) is 26.3 Å². The Labute approximate surface area is 238 Å². The highest BCUT2D eigenvalue weighted by Gasteiger charge is 2.38. The summed E-state index contributed by atoms with van der Waals surface area (Å²) in [6.45, 7) is 3.24. The van der Waals surface area contributed by atoms with Crippen LogP contribution >= 0.6 is 0 Å². The van der Waals surface area contributed by atoms with E-state index in [1.165, 1.54) is 0 Å². The summed E-state index contributed by atoms with van der Waals surface area (Å²) in [7, 11) is 0. The van der Waals surface area contributed by atoms with E-state index < -0.39 is 24.3 Å². The summed E-state index contributed by atoms with van der Waals surface area (Å²) in [5.41, 5.74) is 2.20. The van der Waals surface area contributed by atoms with E-state index in [1.54, 1.807) is 6.20 Å². The van der Waals surface area contributed by atoms with Crippen molar-refractivity contribution in [1.29, 1.82) is 0 Å². The van der Waals surface area contributed by atoms with Gasteiger partial charge in [-0.1, -0.05) is 30.3 Å². The molecule has 3 N–H and O–H groups in total. The number of rotatable bonds is 4. The number of nitrogens with zero attached hydrogens (tertiary/aromatic N) is 4. The quantitative estimate of drug-likeness (QED) is 0.291. The molecule has 1 saturated heterocycles. The first-order chi connectivity index (χ1) is 20.2. The van der Waals surface area contributed by atoms with Crippen LogP contribution in [-0.4, -0.2) is 81.1 Å². The molecule has 1 amide bonds. The normalized spacial score (nSPS) is 13.4. The number of halogens is 6. The van der Waals surface area contributed by atoms with Gasteiger partial charge in [-0.25, -0.2) is 14.6 Å². The van der Waals surface area contributed by atoms with Crippen molar-refractivity contribution in [1.82, 2.24) is 19.7 Å². The van der Waals surface area contributed by atoms with Gasteiger partial charge in [-0.15, -0.1) is 0 Å². The van der Waals surface area contributed by atoms with Crippen LogP contribution in [0, 0.1) is 0 Å². The highest BCUT2D eigenvalue weighted by atomic mass is 19.4. The largest absolute Gasteiger partial charge is 0.490 e. The van der Waals surface area contributed by atoms with Crippen LogP contribution in [-0.2, 0) is 20.9 Å². The number of carbonyl (C=O) groups excluding carboxylic acids is 1. The maximum absolute atomic E-state index is 13.0. The summed E-state index contributed by atoms with van der Waals surface area (Å²) in [4.78, 5) is 41.9. The molecule has 1 aliphatic heterocycles. The number of benzene rings is 1. The monoisotopic (exact) mass is 615 g/mol. The van der Waals surface area contributed by atoms with Gasteiger partial charge >= 0.3 is 24.3 Å². The van der Waals surface area contributed by atoms with Gasteiger partial charge in [0, 0.05) is 43.6 Å². The predicted molar refractivity (Wildman–Crippen MR) is 139 cm³/mol. The maximum Gasteiger partial charge on any atom is 0.490 e. The number of aromatic nitrogens is 3. The number of aliphatic carboxylic acids is 2. The Hall–Kier alpha value is -4.93. The number of pyridine rings is 2. The zero-order valence-corrected chi connectivity index (χ0v) is 21.9. The van der Waals surface area contributed by atoms with Crippen LogP contribution in [0.3, 0.4) is 0 Å². The number of carbonyl (C=O) groups is 3. The molecule has 0 unspecified atom stereocenters. The van der Waals surface area contributed by atoms with Gasteiger partial charge in [-0.3, -0.25) is 14.2 Å². The fraction of sp³-hybridized carbons (Fsp3) is 0.269. The van der Waals surface area contributed by atoms with E-state index in [0.717, 1.165) is 40.9 Å². The highest BCUT2D eigenvalue weighted by molar-refractivity contribution is 6.00. The number of carboxylic acid groups (broad SMARTS) is 2. The number of amides is 1. The predicted octanol–water partition coefficient (Wildman–Crippen LogP) is 3.92. The SMILES string of the molecule is O=C(NCc1cncc2ccccc12)c1nc(N2CCOCC2)n2ccccc12.O=C(O)C(F)(F)F.O=C(O)C(F)(F)F. The number of ether oxygens (including phenoxy) is 1. The van der Waals surface area contributed by atoms with Crippen LogP contribution in [0.1, 0.15) is 16.1 Å². The summed E-state index contributed by atoms with van der Waals surface area (Å²) in [6, 6.07) is 13.8. The number of hydrogen-bond donors (Lipinski definition) is 3. The van der Waals surface area contributed by atoms with Crippen LogP contribution < -0.4 is 10.2 Å². The van der Waals surface area contributed by atoms with Gasteiger partial charge in [0.1, 0.15) is 0 Å². The smallest absolute Gasteiger partial charge is 0.475 e. The van der Waals surface area contributed by atoms with Gasteiger partial charge in [0.05, 0.1) is 18.7 Å². The van der Waals surface area contributed by atoms with Gasteiger partial charge in [0.15, 0.2) is 5.69 Å². The number of fused-ring (bicyclic) bond motifs is 2. The number of morpholine rings is 1. The average Bonchev–Trinajstić information content (AvgIpc) is 3.36. The highest BCUT2D eigenvalue weighted by Crippen LogP contribution is 2.22. The zero-order valence-electron chi connectivity index (χ0n) is 21.9. The minimum absolute atomic E-state index is 0.193. The van der Waals surface area contributed by atoms with Gasteiger partial charge in [-0.05, 0) is 23.1 Å². The van der Waals surface area contributed by atoms with E-state index in [2.05, 4.69) is 15.2 Å². The van der Waals surface area contributed by atoms with Crippen molar-refractivity contribution in [2.75, 3.05) is 31.2 Å². The standard InChI is InChI=1S/C22H21N5O2.2C2HF3O2/c28-21(24-15-17-14-23-13-16-5-1-2-6-18(16)17)20-19-7-3-4-8-27(19)22(25-20)26-9-11-29-12-10-26;2*3-2(4,5)1(6)7/h1-8,13-14H,9-12,15H2,(H,24,28);2*(H,6,7). The lowest BCUT2D eigenvalue weighted by atomic mass is 10.1. The minimum Gasteiger partial charge on any atom is -0.475 e. The molecule has 11 nitrogen and oxygen atoms in total. The van der Waals surface area contributed by atoms with Gasteiger partial charge in [0.2, 0.25) is 5.95 Å². The van der Waals surface area contributed by atoms with Crippen LogP contribution in [0.15, 0.2) is 61.1 Å². The van der Waals surface area contributed by atoms with E-state index >= 15 is 0 Å². The number of anilines is 1. The zero-order chi connectivity index (χ0) is 31.8. The molecule has 4 heterocycles. The van der Waals surface area contributed by atoms with E-state index in [0.29, 0.717) is 25.5 Å². The summed E-state index contributed by atoms with van der Waals surface area (Å²) in [5, 5.41) is 19.4. The number of alkyl halides is 6. The van der Waals surface area contributed by atoms with Crippen molar-refractivity contribution in [3.05, 3.63) is 72.3 Å². The van der Waals surface area contributed by atoms with E-state index in [1.807, 2.05) is 59.3 Å². The number of carboxylic acids is 2. The van der Waals surface area contributed by atoms with Gasteiger partial charge < -0.3 is 25.2 Å². The van der Waals surface area contributed by atoms with Crippen molar-refractivity contribution in [3.63, 3.8) is 0 Å². The third kappa shape index (κ3) is 8.78. The summed E-state index contributed by atoms with van der Waals surface area (Å²) >= 11 is 0. The molecular formula is C26H23F6N5O6. The molecule has 3 aromatic heterocycles. The number of imidazole rings is 1. The molecule has 43 heavy (non-hydrogen) atoms. The lowest BCUT2D eigenvalue weighted by Crippen LogP contribution is -2.37. The second-order valence-corrected chi connectivity index (χ2v) is 8.62. The van der Waals surface area contributed by atoms with Crippen molar-refractivity contribution in [3.8, 4) is 0 Å². The summed E-state index contributed by atoms with van der Waals surface area (Å²) in [5.74, 6) is -4.93. The molecule has 0 saturated carbocycles. The van der Waals surface area contributed by atoms with E-state index in [4.69, 9.17) is 29.5 Å². The Kier molecular flexibility index (Phi) is 10.5. The molecular weight excluding hydrogens is 592 g/mol. The van der Waals surface area contributed by atoms with Crippen molar-refractivity contribution in [2.45, 2.75) is 18.9 Å². The second kappa shape index (κ2) is 13.8. The first kappa shape index (κ1) is 32.6. The van der Waals surface area contributed by atoms with E-state index in [9.17, 15) is 31.1 Å². The second-order valence-electron chi connectivity index (χ2n) is 8.62.